The van der Waals surface area contributed by atoms with Crippen molar-refractivity contribution in [1.29, 1.82) is 0 Å². The normalized spacial score (nSPS) is 11.3. The molecule has 5 nitrogen and oxygen atoms in total. The molecule has 0 unspecified atom stereocenters. The molecule has 0 saturated heterocycles. The van der Waals surface area contributed by atoms with Crippen LogP contribution in [0.15, 0.2) is 43.0 Å². The molecule has 5 heteroatoms. The molecular weight excluding hydrogens is 234 g/mol. The van der Waals surface area contributed by atoms with Gasteiger partial charge < -0.3 is 20.0 Å². The second-order valence-electron chi connectivity index (χ2n) is 3.59. The lowest BCUT2D eigenvalue weighted by Crippen LogP contribution is -2.49. The van der Waals surface area contributed by atoms with Gasteiger partial charge in [0.1, 0.15) is 6.61 Å². The van der Waals surface area contributed by atoms with Crippen LogP contribution >= 0.6 is 0 Å². The van der Waals surface area contributed by atoms with E-state index in [1.807, 2.05) is 6.07 Å². The van der Waals surface area contributed by atoms with Crippen molar-refractivity contribution >= 4 is 12.1 Å². The van der Waals surface area contributed by atoms with Gasteiger partial charge in [0.25, 0.3) is 0 Å². The van der Waals surface area contributed by atoms with Crippen LogP contribution in [0, 0.1) is 0 Å². The summed E-state index contributed by atoms with van der Waals surface area (Å²) >= 11 is 0. The number of alkyl carbamates (subject to hydrolysis) is 1. The topological polar surface area (TPSA) is 78.5 Å². The summed E-state index contributed by atoms with van der Waals surface area (Å²) in [6, 6.07) is 7.82. The largest absolute Gasteiger partial charge is 0.548 e. The summed E-state index contributed by atoms with van der Waals surface area (Å²) in [7, 11) is 0. The highest BCUT2D eigenvalue weighted by atomic mass is 16.5. The molecule has 0 aliphatic heterocycles. The number of amides is 1. The van der Waals surface area contributed by atoms with Crippen molar-refractivity contribution in [2.45, 2.75) is 12.5 Å². The van der Waals surface area contributed by atoms with Crippen molar-refractivity contribution in [2.24, 2.45) is 0 Å². The lowest BCUT2D eigenvalue weighted by Gasteiger charge is -2.19. The summed E-state index contributed by atoms with van der Waals surface area (Å²) in [6.45, 7) is 3.41. The van der Waals surface area contributed by atoms with Gasteiger partial charge in [-0.25, -0.2) is 4.79 Å². The van der Waals surface area contributed by atoms with Crippen LogP contribution in [0.3, 0.4) is 0 Å². The first-order valence-electron chi connectivity index (χ1n) is 5.42. The predicted octanol–water partition coefficient (Wildman–Crippen LogP) is 0.260. The number of carbonyl (C=O) groups is 2. The average Bonchev–Trinajstić information content (AvgIpc) is 2.36. The van der Waals surface area contributed by atoms with Crippen molar-refractivity contribution in [3.63, 3.8) is 0 Å². The Kier molecular flexibility index (Phi) is 5.44. The van der Waals surface area contributed by atoms with Crippen molar-refractivity contribution in [3.8, 4) is 0 Å². The van der Waals surface area contributed by atoms with Gasteiger partial charge in [-0.2, -0.15) is 0 Å². The Balaban J connectivity index is 2.58. The first kappa shape index (κ1) is 13.8. The monoisotopic (exact) mass is 248 g/mol. The van der Waals surface area contributed by atoms with Crippen LogP contribution in [-0.4, -0.2) is 24.7 Å². The molecule has 1 amide bonds. The smallest absolute Gasteiger partial charge is 0.407 e. The molecule has 18 heavy (non-hydrogen) atoms. The van der Waals surface area contributed by atoms with Gasteiger partial charge in [-0.3, -0.25) is 0 Å². The second-order valence-corrected chi connectivity index (χ2v) is 3.59. The third-order valence-corrected chi connectivity index (χ3v) is 2.19. The fraction of sp³-hybridized carbons (Fsp3) is 0.231. The molecular formula is C13H14NO4-. The fourth-order valence-corrected chi connectivity index (χ4v) is 1.36. The minimum atomic E-state index is -1.35. The van der Waals surface area contributed by atoms with Crippen molar-refractivity contribution in [2.75, 3.05) is 6.61 Å². The molecule has 1 N–H and O–H groups in total. The van der Waals surface area contributed by atoms with Crippen LogP contribution in [0.1, 0.15) is 5.56 Å². The lowest BCUT2D eigenvalue weighted by atomic mass is 10.1. The first-order valence-corrected chi connectivity index (χ1v) is 5.42. The number of hydrogen-bond acceptors (Lipinski definition) is 4. The summed E-state index contributed by atoms with van der Waals surface area (Å²) in [4.78, 5) is 22.1. The van der Waals surface area contributed by atoms with Crippen LogP contribution < -0.4 is 10.4 Å². The van der Waals surface area contributed by atoms with E-state index in [2.05, 4.69) is 16.6 Å². The Morgan fingerprint density at radius 3 is 2.61 bits per heavy atom. The van der Waals surface area contributed by atoms with Crippen molar-refractivity contribution < 1.29 is 19.4 Å². The molecule has 0 saturated carbocycles. The van der Waals surface area contributed by atoms with E-state index in [-0.39, 0.29) is 13.0 Å². The van der Waals surface area contributed by atoms with Crippen LogP contribution in [0.2, 0.25) is 0 Å². The van der Waals surface area contributed by atoms with Gasteiger partial charge in [-0.1, -0.05) is 43.0 Å². The maximum absolute atomic E-state index is 11.2. The Morgan fingerprint density at radius 2 is 2.06 bits per heavy atom. The number of hydrogen-bond donors (Lipinski definition) is 1. The van der Waals surface area contributed by atoms with E-state index < -0.39 is 18.1 Å². The fourth-order valence-electron chi connectivity index (χ4n) is 1.36. The number of benzene rings is 1. The van der Waals surface area contributed by atoms with E-state index >= 15 is 0 Å². The standard InChI is InChI=1S/C13H15NO4/c1-2-8-18-13(17)14-11(12(15)16)9-10-6-4-3-5-7-10/h2-7,11H,1,8-9H2,(H,14,17)(H,15,16)/p-1/t11-/m1/s1. The number of carbonyl (C=O) groups excluding carboxylic acids is 2. The van der Waals surface area contributed by atoms with E-state index in [1.54, 1.807) is 24.3 Å². The molecule has 0 aliphatic carbocycles. The molecule has 1 rings (SSSR count). The third kappa shape index (κ3) is 4.69. The van der Waals surface area contributed by atoms with Crippen molar-refractivity contribution in [1.82, 2.24) is 5.32 Å². The minimum absolute atomic E-state index is 0.0247. The maximum atomic E-state index is 11.2. The molecule has 0 spiro atoms. The van der Waals surface area contributed by atoms with Crippen LogP contribution in [0.5, 0.6) is 0 Å². The number of carboxylic acids is 1. The lowest BCUT2D eigenvalue weighted by molar-refractivity contribution is -0.308. The SMILES string of the molecule is C=CCOC(=O)N[C@H](Cc1ccccc1)C(=O)[O-]. The molecule has 1 aromatic carbocycles. The first-order chi connectivity index (χ1) is 8.63. The van der Waals surface area contributed by atoms with E-state index in [0.717, 1.165) is 5.56 Å². The third-order valence-electron chi connectivity index (χ3n) is 2.19. The van der Waals surface area contributed by atoms with Gasteiger partial charge in [0.2, 0.25) is 0 Å². The van der Waals surface area contributed by atoms with Crippen LogP contribution in [0.25, 0.3) is 0 Å². The Hall–Kier alpha value is -2.30. The quantitative estimate of drug-likeness (QED) is 0.732. The number of aliphatic carboxylic acids is 1. The highest BCUT2D eigenvalue weighted by molar-refractivity contribution is 5.78. The summed E-state index contributed by atoms with van der Waals surface area (Å²) < 4.78 is 4.65. The van der Waals surface area contributed by atoms with Gasteiger partial charge in [0.05, 0.1) is 12.0 Å². The zero-order valence-electron chi connectivity index (χ0n) is 9.80. The summed E-state index contributed by atoms with van der Waals surface area (Å²) in [5, 5.41) is 13.1. The number of rotatable bonds is 6. The Labute approximate surface area is 105 Å². The highest BCUT2D eigenvalue weighted by Crippen LogP contribution is 2.03. The zero-order valence-corrected chi connectivity index (χ0v) is 9.80. The number of ether oxygens (including phenoxy) is 1. The van der Waals surface area contributed by atoms with Gasteiger partial charge in [-0.05, 0) is 12.0 Å². The Bertz CT molecular complexity index is 416. The molecule has 0 aliphatic rings. The number of nitrogens with one attached hydrogen (secondary N) is 1. The van der Waals surface area contributed by atoms with E-state index in [9.17, 15) is 14.7 Å². The Morgan fingerprint density at radius 1 is 1.39 bits per heavy atom. The zero-order chi connectivity index (χ0) is 13.4. The molecule has 0 heterocycles. The van der Waals surface area contributed by atoms with Crippen LogP contribution in [-0.2, 0) is 16.0 Å². The highest BCUT2D eigenvalue weighted by Gasteiger charge is 2.14. The van der Waals surface area contributed by atoms with Gasteiger partial charge in [0.15, 0.2) is 0 Å². The molecule has 0 radical (unpaired) electrons. The predicted molar refractivity (Wildman–Crippen MR) is 63.6 cm³/mol. The maximum Gasteiger partial charge on any atom is 0.407 e. The summed E-state index contributed by atoms with van der Waals surface area (Å²) in [6.07, 6.45) is 0.733. The van der Waals surface area contributed by atoms with Crippen molar-refractivity contribution in [3.05, 3.63) is 48.6 Å². The second kappa shape index (κ2) is 7.11. The minimum Gasteiger partial charge on any atom is -0.548 e. The molecule has 1 aromatic rings. The van der Waals surface area contributed by atoms with E-state index in [0.29, 0.717) is 0 Å². The summed E-state index contributed by atoms with van der Waals surface area (Å²) in [5.74, 6) is -1.35. The van der Waals surface area contributed by atoms with E-state index in [4.69, 9.17) is 0 Å². The molecule has 1 atom stereocenters. The van der Waals surface area contributed by atoms with E-state index in [1.165, 1.54) is 6.08 Å². The van der Waals surface area contributed by atoms with Gasteiger partial charge in [-0.15, -0.1) is 0 Å². The van der Waals surface area contributed by atoms with Gasteiger partial charge in [0, 0.05) is 0 Å². The molecule has 0 fully saturated rings. The van der Waals surface area contributed by atoms with Crippen LogP contribution in [0.4, 0.5) is 4.79 Å². The van der Waals surface area contributed by atoms with Gasteiger partial charge >= 0.3 is 6.09 Å². The summed E-state index contributed by atoms with van der Waals surface area (Å²) in [5.41, 5.74) is 0.788. The number of carboxylic acid groups (broad SMARTS) is 1. The average molecular weight is 248 g/mol. The molecule has 0 aromatic heterocycles. The molecule has 0 bridgehead atoms. The molecule has 96 valence electrons.